The summed E-state index contributed by atoms with van der Waals surface area (Å²) in [7, 11) is 1.71. The van der Waals surface area contributed by atoms with Crippen molar-refractivity contribution in [1.82, 2.24) is 14.8 Å². The third kappa shape index (κ3) is 3.84. The van der Waals surface area contributed by atoms with Crippen LogP contribution in [0.5, 0.6) is 5.75 Å². The molecule has 2 aliphatic heterocycles. The number of aryl methyl sites for hydroxylation is 2. The van der Waals surface area contributed by atoms with Crippen molar-refractivity contribution in [1.29, 1.82) is 0 Å². The van der Waals surface area contributed by atoms with Crippen molar-refractivity contribution in [3.8, 4) is 11.6 Å². The molecule has 8 heteroatoms. The monoisotopic (exact) mass is 525 g/mol. The van der Waals surface area contributed by atoms with E-state index in [-0.39, 0.29) is 6.04 Å². The zero-order valence-corrected chi connectivity index (χ0v) is 22.4. The molecule has 0 saturated carbocycles. The zero-order chi connectivity index (χ0) is 27.2. The maximum atomic E-state index is 5.90. The molecule has 0 fully saturated rings. The standard InChI is InChI=1S/C32H27N7O/c1-20-11-10-12-22(19-20)34-30-32-36-31-28(21(2)37-39(31)27-17-8-9-18-33-27)29(23-13-4-7-16-26(23)40-3)38(32)25-15-6-5-14-24(25)35-30/h4-19,29H,1-3H3,(H,34,35)/t29-/m0/s1. The second-order valence-corrected chi connectivity index (χ2v) is 9.82. The molecular formula is C32H27N7O. The van der Waals surface area contributed by atoms with Crippen LogP contribution in [0.4, 0.5) is 22.9 Å². The predicted octanol–water partition coefficient (Wildman–Crippen LogP) is 6.69. The molecule has 40 heavy (non-hydrogen) atoms. The van der Waals surface area contributed by atoms with Crippen LogP contribution in [0.3, 0.4) is 0 Å². The highest BCUT2D eigenvalue weighted by molar-refractivity contribution is 6.51. The Labute approximate surface area is 232 Å². The first-order valence-corrected chi connectivity index (χ1v) is 13.2. The molecule has 0 unspecified atom stereocenters. The van der Waals surface area contributed by atoms with Gasteiger partial charge in [-0.15, -0.1) is 0 Å². The quantitative estimate of drug-likeness (QED) is 0.283. The van der Waals surface area contributed by atoms with Crippen molar-refractivity contribution >= 4 is 34.6 Å². The average molecular weight is 526 g/mol. The van der Waals surface area contributed by atoms with Gasteiger partial charge in [-0.2, -0.15) is 9.78 Å². The van der Waals surface area contributed by atoms with Gasteiger partial charge in [-0.3, -0.25) is 0 Å². The molecule has 5 aromatic rings. The molecule has 2 aromatic heterocycles. The van der Waals surface area contributed by atoms with Gasteiger partial charge in [0.1, 0.15) is 5.75 Å². The minimum atomic E-state index is -0.276. The summed E-state index contributed by atoms with van der Waals surface area (Å²) in [4.78, 5) is 17.2. The third-order valence-corrected chi connectivity index (χ3v) is 7.22. The Hall–Kier alpha value is -5.24. The Balaban J connectivity index is 1.52. The number of benzene rings is 3. The number of hydrogen-bond donors (Lipinski definition) is 1. The maximum absolute atomic E-state index is 5.90. The highest BCUT2D eigenvalue weighted by Crippen LogP contribution is 2.49. The molecule has 3 aromatic carbocycles. The van der Waals surface area contributed by atoms with E-state index in [2.05, 4.69) is 46.4 Å². The summed E-state index contributed by atoms with van der Waals surface area (Å²) < 4.78 is 7.72. The van der Waals surface area contributed by atoms with E-state index >= 15 is 0 Å². The minimum absolute atomic E-state index is 0.276. The van der Waals surface area contributed by atoms with Gasteiger partial charge >= 0.3 is 0 Å². The molecule has 0 radical (unpaired) electrons. The van der Waals surface area contributed by atoms with Crippen molar-refractivity contribution in [3.05, 3.63) is 120 Å². The summed E-state index contributed by atoms with van der Waals surface area (Å²) in [5.74, 6) is 3.56. The van der Waals surface area contributed by atoms with Crippen molar-refractivity contribution in [3.63, 3.8) is 0 Å². The maximum Gasteiger partial charge on any atom is 0.179 e. The topological polar surface area (TPSA) is 79.9 Å². The first-order valence-electron chi connectivity index (χ1n) is 13.2. The normalized spacial score (nSPS) is 15.4. The molecule has 0 amide bonds. The van der Waals surface area contributed by atoms with Gasteiger partial charge in [-0.25, -0.2) is 15.0 Å². The number of aromatic nitrogens is 3. The van der Waals surface area contributed by atoms with Crippen LogP contribution in [0.25, 0.3) is 5.82 Å². The molecule has 0 aliphatic carbocycles. The van der Waals surface area contributed by atoms with Crippen LogP contribution < -0.4 is 15.0 Å². The lowest BCUT2D eigenvalue weighted by molar-refractivity contribution is 0.407. The molecule has 4 heterocycles. The van der Waals surface area contributed by atoms with E-state index in [0.29, 0.717) is 17.5 Å². The fourth-order valence-corrected chi connectivity index (χ4v) is 5.48. The molecule has 0 saturated heterocycles. The SMILES string of the molecule is COc1ccccc1[C@H]1c2c(C)nn(-c3ccccn3)c2N=C2C(Nc3cccc(C)c3)=Nc3ccccc3N21. The number of para-hydroxylation sites is 3. The fourth-order valence-electron chi connectivity index (χ4n) is 5.48. The first kappa shape index (κ1) is 23.8. The number of rotatable bonds is 4. The van der Waals surface area contributed by atoms with Crippen molar-refractivity contribution in [2.24, 2.45) is 9.98 Å². The molecule has 0 bridgehead atoms. The van der Waals surface area contributed by atoms with Crippen LogP contribution in [0.2, 0.25) is 0 Å². The minimum Gasteiger partial charge on any atom is -0.496 e. The number of nitrogens with zero attached hydrogens (tertiary/aromatic N) is 6. The lowest BCUT2D eigenvalue weighted by Gasteiger charge is -2.40. The largest absolute Gasteiger partial charge is 0.496 e. The second kappa shape index (κ2) is 9.50. The molecule has 1 atom stereocenters. The number of ether oxygens (including phenoxy) is 1. The summed E-state index contributed by atoms with van der Waals surface area (Å²) in [5.41, 5.74) is 6.78. The van der Waals surface area contributed by atoms with E-state index in [1.165, 1.54) is 0 Å². The van der Waals surface area contributed by atoms with Crippen molar-refractivity contribution in [2.75, 3.05) is 17.3 Å². The van der Waals surface area contributed by atoms with Crippen LogP contribution in [0, 0.1) is 13.8 Å². The number of pyridine rings is 1. The number of methoxy groups -OCH3 is 1. The smallest absolute Gasteiger partial charge is 0.179 e. The van der Waals surface area contributed by atoms with Gasteiger partial charge in [0.05, 0.1) is 30.2 Å². The molecule has 2 aliphatic rings. The van der Waals surface area contributed by atoms with E-state index in [9.17, 15) is 0 Å². The molecule has 8 nitrogen and oxygen atoms in total. The Morgan fingerprint density at radius 3 is 2.50 bits per heavy atom. The number of anilines is 2. The Kier molecular flexibility index (Phi) is 5.66. The summed E-state index contributed by atoms with van der Waals surface area (Å²) >= 11 is 0. The van der Waals surface area contributed by atoms with E-state index in [4.69, 9.17) is 19.8 Å². The zero-order valence-electron chi connectivity index (χ0n) is 22.4. The van der Waals surface area contributed by atoms with Crippen molar-refractivity contribution in [2.45, 2.75) is 19.9 Å². The molecule has 1 N–H and O–H groups in total. The van der Waals surface area contributed by atoms with E-state index in [1.807, 2.05) is 78.3 Å². The van der Waals surface area contributed by atoms with Gasteiger partial charge in [-0.05, 0) is 61.9 Å². The summed E-state index contributed by atoms with van der Waals surface area (Å²) in [5, 5.41) is 8.51. The second-order valence-electron chi connectivity index (χ2n) is 9.82. The lowest BCUT2D eigenvalue weighted by Crippen LogP contribution is -2.46. The van der Waals surface area contributed by atoms with Gasteiger partial charge in [-0.1, -0.05) is 48.5 Å². The van der Waals surface area contributed by atoms with Crippen LogP contribution in [-0.4, -0.2) is 33.5 Å². The summed E-state index contributed by atoms with van der Waals surface area (Å²) in [6.45, 7) is 4.10. The van der Waals surface area contributed by atoms with Gasteiger partial charge in [0.25, 0.3) is 0 Å². The number of hydrogen-bond acceptors (Lipinski definition) is 7. The Morgan fingerprint density at radius 2 is 1.68 bits per heavy atom. The lowest BCUT2D eigenvalue weighted by atomic mass is 9.92. The van der Waals surface area contributed by atoms with Gasteiger partial charge in [0.15, 0.2) is 23.3 Å². The van der Waals surface area contributed by atoms with Crippen LogP contribution >= 0.6 is 0 Å². The average Bonchev–Trinajstić information content (AvgIpc) is 3.32. The van der Waals surface area contributed by atoms with Crippen LogP contribution in [0.1, 0.15) is 28.4 Å². The summed E-state index contributed by atoms with van der Waals surface area (Å²) in [6.07, 6.45) is 1.77. The van der Waals surface area contributed by atoms with Gasteiger partial charge in [0, 0.05) is 23.0 Å². The summed E-state index contributed by atoms with van der Waals surface area (Å²) in [6, 6.07) is 30.0. The van der Waals surface area contributed by atoms with E-state index in [1.54, 1.807) is 13.3 Å². The van der Waals surface area contributed by atoms with E-state index < -0.39 is 0 Å². The predicted molar refractivity (Wildman–Crippen MR) is 159 cm³/mol. The molecule has 7 rings (SSSR count). The van der Waals surface area contributed by atoms with Gasteiger partial charge < -0.3 is 15.0 Å². The fraction of sp³-hybridized carbons (Fsp3) is 0.125. The number of nitrogens with one attached hydrogen (secondary N) is 1. The highest BCUT2D eigenvalue weighted by atomic mass is 16.5. The third-order valence-electron chi connectivity index (χ3n) is 7.22. The van der Waals surface area contributed by atoms with Crippen LogP contribution in [0.15, 0.2) is 107 Å². The molecule has 0 spiro atoms. The number of fused-ring (bicyclic) bond motifs is 4. The Bertz CT molecular complexity index is 1810. The number of amidine groups is 2. The van der Waals surface area contributed by atoms with Crippen LogP contribution in [-0.2, 0) is 0 Å². The Morgan fingerprint density at radius 1 is 0.850 bits per heavy atom. The first-order chi connectivity index (χ1) is 19.6. The van der Waals surface area contributed by atoms with E-state index in [0.717, 1.165) is 51.0 Å². The molecule has 196 valence electrons. The molecular weight excluding hydrogens is 498 g/mol. The van der Waals surface area contributed by atoms with Gasteiger partial charge in [0.2, 0.25) is 0 Å². The number of aliphatic imine (C=N–C) groups is 2. The van der Waals surface area contributed by atoms with Crippen molar-refractivity contribution < 1.29 is 4.74 Å². The highest BCUT2D eigenvalue weighted by Gasteiger charge is 2.42.